The van der Waals surface area contributed by atoms with Crippen LogP contribution in [0.1, 0.15) is 0 Å². The van der Waals surface area contributed by atoms with Gasteiger partial charge in [0.25, 0.3) is 10.1 Å². The molecule has 0 fully saturated rings. The normalized spacial score (nSPS) is 9.42. The third-order valence-electron chi connectivity index (χ3n) is 1.04. The zero-order valence-corrected chi connectivity index (χ0v) is 5.88. The third-order valence-corrected chi connectivity index (χ3v) is 1.91. The maximum atomic E-state index is 10.4. The molecule has 1 aromatic rings. The Morgan fingerprint density at radius 3 is 1.75 bits per heavy atom. The molecule has 0 aliphatic carbocycles. The molecule has 0 radical (unpaired) electrons. The fourth-order valence-corrected chi connectivity index (χ4v) is 1.09. The van der Waals surface area contributed by atoms with Crippen molar-refractivity contribution < 1.29 is 13.0 Å². The molecule has 3 nitrogen and oxygen atoms in total. The molecular weight excluding hydrogens is 214 g/mol. The van der Waals surface area contributed by atoms with E-state index in [0.29, 0.717) is 0 Å². The van der Waals surface area contributed by atoms with E-state index in [9.17, 15) is 8.42 Å². The Hall–Kier alpha value is 1.77. The van der Waals surface area contributed by atoms with Gasteiger partial charge in [0.2, 0.25) is 0 Å². The molecule has 58 valence electrons. The molecule has 0 saturated carbocycles. The standard InChI is InChI=1S/C6H6O3S.K.Na.2H/c7-10(8,9)6-4-2-1-3-5-6;;;;/h1-5H,(H,7,8,9);;;;. The average Bonchev–Trinajstić information content (AvgIpc) is 1.88. The van der Waals surface area contributed by atoms with Gasteiger partial charge >= 0.3 is 80.9 Å². The first-order valence-electron chi connectivity index (χ1n) is 2.63. The number of hydrogen-bond acceptors (Lipinski definition) is 2. The summed E-state index contributed by atoms with van der Waals surface area (Å²) in [6.07, 6.45) is 0. The van der Waals surface area contributed by atoms with Crippen LogP contribution in [-0.4, -0.2) is 93.9 Å². The fourth-order valence-electron chi connectivity index (χ4n) is 0.592. The van der Waals surface area contributed by atoms with Crippen LogP contribution in [0.15, 0.2) is 35.2 Å². The minimum atomic E-state index is -4.00. The van der Waals surface area contributed by atoms with Crippen molar-refractivity contribution in [3.05, 3.63) is 30.3 Å². The Kier molecular flexibility index (Phi) is 9.60. The van der Waals surface area contributed by atoms with Crippen molar-refractivity contribution in [3.63, 3.8) is 0 Å². The molecule has 0 aliphatic heterocycles. The van der Waals surface area contributed by atoms with Crippen LogP contribution in [-0.2, 0) is 10.1 Å². The van der Waals surface area contributed by atoms with E-state index in [1.807, 2.05) is 0 Å². The maximum absolute atomic E-state index is 10.4. The van der Waals surface area contributed by atoms with Crippen molar-refractivity contribution in [3.8, 4) is 0 Å². The summed E-state index contributed by atoms with van der Waals surface area (Å²) in [4.78, 5) is -0.0741. The van der Waals surface area contributed by atoms with Crippen molar-refractivity contribution >= 4 is 91.1 Å². The second-order valence-corrected chi connectivity index (χ2v) is 3.21. The van der Waals surface area contributed by atoms with Gasteiger partial charge in [-0.3, -0.25) is 4.55 Å². The van der Waals surface area contributed by atoms with Crippen LogP contribution in [0.4, 0.5) is 0 Å². The number of benzene rings is 1. The molecule has 1 aromatic carbocycles. The van der Waals surface area contributed by atoms with Gasteiger partial charge < -0.3 is 0 Å². The van der Waals surface area contributed by atoms with E-state index in [1.165, 1.54) is 12.1 Å². The van der Waals surface area contributed by atoms with Gasteiger partial charge in [-0.2, -0.15) is 8.42 Å². The molecule has 1 rings (SSSR count). The molecule has 1 N–H and O–H groups in total. The van der Waals surface area contributed by atoms with Crippen molar-refractivity contribution in [2.45, 2.75) is 4.90 Å². The van der Waals surface area contributed by atoms with E-state index in [4.69, 9.17) is 4.55 Å². The molecule has 0 saturated heterocycles. The van der Waals surface area contributed by atoms with Crippen LogP contribution >= 0.6 is 0 Å². The van der Waals surface area contributed by atoms with Gasteiger partial charge in [0.05, 0.1) is 4.90 Å². The summed E-state index contributed by atoms with van der Waals surface area (Å²) in [5, 5.41) is 0. The zero-order chi connectivity index (χ0) is 7.61. The first-order chi connectivity index (χ1) is 4.61. The molecule has 0 aromatic heterocycles. The zero-order valence-electron chi connectivity index (χ0n) is 5.06. The third kappa shape index (κ3) is 5.49. The molecule has 0 spiro atoms. The molecule has 0 unspecified atom stereocenters. The summed E-state index contributed by atoms with van der Waals surface area (Å²) in [6, 6.07) is 7.42. The van der Waals surface area contributed by atoms with Gasteiger partial charge in [-0.05, 0) is 12.1 Å². The van der Waals surface area contributed by atoms with Crippen molar-refractivity contribution in [2.75, 3.05) is 0 Å². The molecule has 12 heavy (non-hydrogen) atoms. The predicted octanol–water partition coefficient (Wildman–Crippen LogP) is -0.364. The van der Waals surface area contributed by atoms with Gasteiger partial charge in [0.1, 0.15) is 0 Å². The van der Waals surface area contributed by atoms with Crippen LogP contribution in [0.25, 0.3) is 0 Å². The Bertz CT molecular complexity index is 311. The number of hydrogen-bond donors (Lipinski definition) is 1. The Labute approximate surface area is 136 Å². The van der Waals surface area contributed by atoms with Crippen LogP contribution in [0, 0.1) is 0 Å². The summed E-state index contributed by atoms with van der Waals surface area (Å²) in [7, 11) is -4.00. The van der Waals surface area contributed by atoms with Crippen molar-refractivity contribution in [1.82, 2.24) is 0 Å². The van der Waals surface area contributed by atoms with E-state index >= 15 is 0 Å². The van der Waals surface area contributed by atoms with E-state index in [0.717, 1.165) is 0 Å². The van der Waals surface area contributed by atoms with E-state index in [2.05, 4.69) is 0 Å². The first kappa shape index (κ1) is 16.2. The monoisotopic (exact) mass is 222 g/mol. The van der Waals surface area contributed by atoms with E-state index in [-0.39, 0.29) is 85.8 Å². The number of rotatable bonds is 1. The summed E-state index contributed by atoms with van der Waals surface area (Å²) in [5.74, 6) is 0. The Balaban J connectivity index is 0. The quantitative estimate of drug-likeness (QED) is 0.521. The molecule has 0 aliphatic rings. The molecular formula is C6H8KNaO3S. The second kappa shape index (κ2) is 7.11. The minimum absolute atomic E-state index is 0. The molecule has 0 amide bonds. The van der Waals surface area contributed by atoms with E-state index in [1.54, 1.807) is 18.2 Å². The fraction of sp³-hybridized carbons (Fsp3) is 0. The second-order valence-electron chi connectivity index (χ2n) is 1.79. The molecule has 6 heteroatoms. The van der Waals surface area contributed by atoms with Crippen LogP contribution in [0.2, 0.25) is 0 Å². The molecule has 0 heterocycles. The first-order valence-corrected chi connectivity index (χ1v) is 4.07. The van der Waals surface area contributed by atoms with Gasteiger partial charge in [-0.25, -0.2) is 0 Å². The Morgan fingerprint density at radius 2 is 1.50 bits per heavy atom. The average molecular weight is 222 g/mol. The summed E-state index contributed by atoms with van der Waals surface area (Å²) in [5.41, 5.74) is 0. The van der Waals surface area contributed by atoms with Crippen LogP contribution in [0.5, 0.6) is 0 Å². The van der Waals surface area contributed by atoms with Crippen molar-refractivity contribution in [2.24, 2.45) is 0 Å². The van der Waals surface area contributed by atoms with Gasteiger partial charge in [0.15, 0.2) is 0 Å². The topological polar surface area (TPSA) is 54.4 Å². The van der Waals surface area contributed by atoms with Gasteiger partial charge in [-0.15, -0.1) is 0 Å². The Morgan fingerprint density at radius 1 is 1.08 bits per heavy atom. The molecule has 0 bridgehead atoms. The summed E-state index contributed by atoms with van der Waals surface area (Å²) < 4.78 is 29.2. The SMILES string of the molecule is O=S(=O)(O)c1ccccc1.[KH].[NaH]. The predicted molar refractivity (Wildman–Crippen MR) is 50.6 cm³/mol. The summed E-state index contributed by atoms with van der Waals surface area (Å²) >= 11 is 0. The van der Waals surface area contributed by atoms with Crippen LogP contribution < -0.4 is 0 Å². The summed E-state index contributed by atoms with van der Waals surface area (Å²) in [6.45, 7) is 0. The van der Waals surface area contributed by atoms with Crippen molar-refractivity contribution in [1.29, 1.82) is 0 Å². The van der Waals surface area contributed by atoms with E-state index < -0.39 is 10.1 Å². The molecule has 0 atom stereocenters. The van der Waals surface area contributed by atoms with Crippen LogP contribution in [0.3, 0.4) is 0 Å². The van der Waals surface area contributed by atoms with Gasteiger partial charge in [0, 0.05) is 0 Å². The van der Waals surface area contributed by atoms with Gasteiger partial charge in [-0.1, -0.05) is 18.2 Å².